The second-order valence-electron chi connectivity index (χ2n) is 10.2. The molecule has 1 N–H and O–H groups in total. The van der Waals surface area contributed by atoms with Crippen molar-refractivity contribution in [1.82, 2.24) is 20.3 Å². The van der Waals surface area contributed by atoms with E-state index in [4.69, 9.17) is 0 Å². The molecule has 2 heterocycles. The molecule has 2 aliphatic carbocycles. The number of carbonyl (C=O) groups is 2. The highest BCUT2D eigenvalue weighted by Crippen LogP contribution is 2.46. The van der Waals surface area contributed by atoms with E-state index in [-0.39, 0.29) is 25.7 Å². The highest BCUT2D eigenvalue weighted by atomic mass is 32.1. The van der Waals surface area contributed by atoms with Crippen LogP contribution in [-0.2, 0) is 15.1 Å². The molecule has 2 saturated carbocycles. The first-order chi connectivity index (χ1) is 18.1. The van der Waals surface area contributed by atoms with E-state index >= 15 is 0 Å². The van der Waals surface area contributed by atoms with Gasteiger partial charge in [-0.25, -0.2) is 23.1 Å². The molecule has 5 rings (SSSR count). The minimum atomic E-state index is -2.75. The number of carbonyl (C=O) groups excluding carboxylic acids is 2. The molecule has 2 amide bonds. The maximum absolute atomic E-state index is 14.5. The number of nitrogens with one attached hydrogen (secondary N) is 1. The molecule has 7 nitrogen and oxygen atoms in total. The summed E-state index contributed by atoms with van der Waals surface area (Å²) in [4.78, 5) is 42.4. The molecular formula is C27H28F3N5O2S. The molecule has 0 spiro atoms. The Morgan fingerprint density at radius 3 is 2.26 bits per heavy atom. The fraction of sp³-hybridized carbons (Fsp3) is 0.444. The number of hydrogen-bond donors (Lipinski definition) is 1. The van der Waals surface area contributed by atoms with Crippen LogP contribution in [0.1, 0.15) is 45.1 Å². The van der Waals surface area contributed by atoms with Crippen molar-refractivity contribution in [3.63, 3.8) is 0 Å². The normalized spacial score (nSPS) is 24.3. The summed E-state index contributed by atoms with van der Waals surface area (Å²) in [7, 11) is 0. The van der Waals surface area contributed by atoms with Crippen LogP contribution in [0, 0.1) is 11.8 Å². The van der Waals surface area contributed by atoms with E-state index in [0.29, 0.717) is 11.3 Å². The van der Waals surface area contributed by atoms with E-state index in [2.05, 4.69) is 20.3 Å². The van der Waals surface area contributed by atoms with Gasteiger partial charge in [0.25, 0.3) is 5.91 Å². The summed E-state index contributed by atoms with van der Waals surface area (Å²) in [6.07, 6.45) is 4.18. The number of anilines is 1. The highest BCUT2D eigenvalue weighted by Gasteiger charge is 2.58. The third kappa shape index (κ3) is 4.91. The van der Waals surface area contributed by atoms with Crippen LogP contribution in [0.25, 0.3) is 10.4 Å². The Kier molecular flexibility index (Phi) is 6.97. The molecule has 0 saturated heterocycles. The molecule has 2 aliphatic rings. The molecule has 200 valence electrons. The zero-order valence-electron chi connectivity index (χ0n) is 21.0. The third-order valence-corrected chi connectivity index (χ3v) is 8.51. The van der Waals surface area contributed by atoms with E-state index in [1.54, 1.807) is 37.7 Å². The number of aromatic nitrogens is 3. The van der Waals surface area contributed by atoms with Crippen molar-refractivity contribution < 1.29 is 22.8 Å². The molecule has 2 aromatic heterocycles. The minimum absolute atomic E-state index is 0.115. The van der Waals surface area contributed by atoms with Crippen LogP contribution in [0.15, 0.2) is 54.7 Å². The average molecular weight is 544 g/mol. The molecule has 2 fully saturated rings. The number of nitrogens with zero attached hydrogens (tertiary/aromatic N) is 4. The molecule has 0 aliphatic heterocycles. The first-order valence-corrected chi connectivity index (χ1v) is 13.4. The predicted molar refractivity (Wildman–Crippen MR) is 137 cm³/mol. The lowest BCUT2D eigenvalue weighted by molar-refractivity contribution is -0.132. The van der Waals surface area contributed by atoms with E-state index in [9.17, 15) is 22.8 Å². The van der Waals surface area contributed by atoms with E-state index in [0.717, 1.165) is 10.4 Å². The number of alkyl halides is 3. The zero-order valence-corrected chi connectivity index (χ0v) is 21.8. The number of amides is 2. The van der Waals surface area contributed by atoms with Crippen molar-refractivity contribution in [2.75, 3.05) is 4.90 Å². The Balaban J connectivity index is 1.55. The summed E-state index contributed by atoms with van der Waals surface area (Å²) in [6, 6.07) is 6.57. The van der Waals surface area contributed by atoms with E-state index < -0.39 is 47.3 Å². The molecule has 0 bridgehead atoms. The van der Waals surface area contributed by atoms with Gasteiger partial charge in [-0.05, 0) is 37.5 Å². The number of halogens is 3. The Bertz CT molecular complexity index is 1270. The fourth-order valence-corrected chi connectivity index (χ4v) is 5.71. The third-order valence-electron chi connectivity index (χ3n) is 7.68. The minimum Gasteiger partial charge on any atom is -0.351 e. The van der Waals surface area contributed by atoms with Gasteiger partial charge in [0.1, 0.15) is 12.5 Å². The van der Waals surface area contributed by atoms with Crippen LogP contribution >= 0.6 is 11.3 Å². The van der Waals surface area contributed by atoms with Crippen molar-refractivity contribution in [3.05, 3.63) is 60.3 Å². The Labute approximate surface area is 222 Å². The average Bonchev–Trinajstić information content (AvgIpc) is 3.26. The lowest BCUT2D eigenvalue weighted by atomic mass is 9.87. The summed E-state index contributed by atoms with van der Waals surface area (Å²) in [5.41, 5.74) is 1.64. The van der Waals surface area contributed by atoms with E-state index in [1.807, 2.05) is 12.1 Å². The molecule has 1 aromatic carbocycles. The molecule has 4 atom stereocenters. The lowest BCUT2D eigenvalue weighted by Crippen LogP contribution is -2.59. The van der Waals surface area contributed by atoms with Gasteiger partial charge in [-0.15, -0.1) is 11.3 Å². The van der Waals surface area contributed by atoms with Crippen LogP contribution in [0.3, 0.4) is 0 Å². The quantitative estimate of drug-likeness (QED) is 0.446. The van der Waals surface area contributed by atoms with Gasteiger partial charge in [0.2, 0.25) is 11.8 Å². The summed E-state index contributed by atoms with van der Waals surface area (Å²) >= 11 is 1.46. The van der Waals surface area contributed by atoms with Gasteiger partial charge in [0, 0.05) is 54.6 Å². The summed E-state index contributed by atoms with van der Waals surface area (Å²) < 4.78 is 42.0. The largest absolute Gasteiger partial charge is 0.351 e. The maximum atomic E-state index is 14.5. The monoisotopic (exact) mass is 543 g/mol. The number of rotatable bonds is 7. The number of thiazole rings is 1. The van der Waals surface area contributed by atoms with Crippen LogP contribution in [0.4, 0.5) is 18.9 Å². The van der Waals surface area contributed by atoms with E-state index in [1.165, 1.54) is 35.0 Å². The smallest absolute Gasteiger partial charge is 0.251 e. The summed E-state index contributed by atoms with van der Waals surface area (Å²) in [6.45, 7) is 3.22. The second kappa shape index (κ2) is 10.1. The molecule has 0 radical (unpaired) electrons. The van der Waals surface area contributed by atoms with Gasteiger partial charge in [0.15, 0.2) is 5.54 Å². The molecule has 38 heavy (non-hydrogen) atoms. The molecule has 3 aromatic rings. The molecular weight excluding hydrogens is 515 g/mol. The standard InChI is InChI=1S/C27H28F3N5O2S/c1-16-22(23(16)28)24(36)35(20-5-3-17(4-6-20)21-13-33-15-38-21)26(2,18-11-31-14-32-12-18)25(37)34-19-7-9-27(29,30)10-8-19/h3-6,11-16,19,22-23H,7-10H2,1-2H3,(H,34,37)/t16-,22-,23+,26+/m0/s1. The van der Waals surface area contributed by atoms with Crippen LogP contribution < -0.4 is 10.2 Å². The predicted octanol–water partition coefficient (Wildman–Crippen LogP) is 5.15. The number of hydrogen-bond acceptors (Lipinski definition) is 6. The molecule has 0 unspecified atom stereocenters. The van der Waals surface area contributed by atoms with Crippen LogP contribution in [-0.4, -0.2) is 44.9 Å². The highest BCUT2D eigenvalue weighted by molar-refractivity contribution is 7.13. The Morgan fingerprint density at radius 1 is 1.08 bits per heavy atom. The first kappa shape index (κ1) is 26.3. The van der Waals surface area contributed by atoms with Crippen molar-refractivity contribution in [2.24, 2.45) is 11.8 Å². The summed E-state index contributed by atoms with van der Waals surface area (Å²) in [5.74, 6) is -5.24. The van der Waals surface area contributed by atoms with Gasteiger partial charge in [0.05, 0.1) is 16.3 Å². The summed E-state index contributed by atoms with van der Waals surface area (Å²) in [5, 5.41) is 2.89. The van der Waals surface area contributed by atoms with Gasteiger partial charge >= 0.3 is 0 Å². The zero-order chi connectivity index (χ0) is 27.1. The van der Waals surface area contributed by atoms with Crippen LogP contribution in [0.5, 0.6) is 0 Å². The number of benzene rings is 1. The van der Waals surface area contributed by atoms with Gasteiger partial charge in [-0.3, -0.25) is 19.5 Å². The van der Waals surface area contributed by atoms with Crippen molar-refractivity contribution >= 4 is 28.8 Å². The first-order valence-electron chi connectivity index (χ1n) is 12.5. The van der Waals surface area contributed by atoms with Gasteiger partial charge < -0.3 is 5.32 Å². The van der Waals surface area contributed by atoms with Gasteiger partial charge in [-0.1, -0.05) is 19.1 Å². The second-order valence-corrected chi connectivity index (χ2v) is 11.1. The van der Waals surface area contributed by atoms with Crippen molar-refractivity contribution in [1.29, 1.82) is 0 Å². The van der Waals surface area contributed by atoms with Crippen molar-refractivity contribution in [2.45, 2.75) is 63.2 Å². The SMILES string of the molecule is C[C@@H]1[C@@H](F)[C@H]1C(=O)N(c1ccc(-c2cncs2)cc1)[C@@](C)(C(=O)NC1CCC(F)(F)CC1)c1cncnc1. The topological polar surface area (TPSA) is 88.1 Å². The molecule has 11 heteroatoms. The van der Waals surface area contributed by atoms with Crippen LogP contribution in [0.2, 0.25) is 0 Å². The Morgan fingerprint density at radius 2 is 1.71 bits per heavy atom. The fourth-order valence-electron chi connectivity index (χ4n) is 5.09. The lowest BCUT2D eigenvalue weighted by Gasteiger charge is -2.41. The maximum Gasteiger partial charge on any atom is 0.251 e. The van der Waals surface area contributed by atoms with Crippen molar-refractivity contribution in [3.8, 4) is 10.4 Å². The van der Waals surface area contributed by atoms with Gasteiger partial charge in [-0.2, -0.15) is 0 Å². The Hall–Kier alpha value is -3.34.